The molecule has 4 saturated heterocycles. The van der Waals surface area contributed by atoms with Gasteiger partial charge in [-0.3, -0.25) is 0 Å². The van der Waals surface area contributed by atoms with E-state index in [1.165, 1.54) is 13.8 Å². The molecule has 0 aromatic carbocycles. The van der Waals surface area contributed by atoms with Crippen LogP contribution >= 0.6 is 0 Å². The summed E-state index contributed by atoms with van der Waals surface area (Å²) < 4.78 is 184. The fraction of sp³-hybridized carbons (Fsp3) is 1.00. The maximum atomic E-state index is 14.2. The molecule has 0 amide bonds. The Labute approximate surface area is 216 Å². The third kappa shape index (κ3) is 4.36. The quantitative estimate of drug-likeness (QED) is 0.298. The highest BCUT2D eigenvalue weighted by atomic mass is 19.4. The molecule has 0 spiro atoms. The molecule has 4 bridgehead atoms. The van der Waals surface area contributed by atoms with Crippen LogP contribution in [0, 0.1) is 46.3 Å². The van der Waals surface area contributed by atoms with Crippen LogP contribution < -0.4 is 0 Å². The van der Waals surface area contributed by atoms with Crippen molar-refractivity contribution in [2.75, 3.05) is 0 Å². The molecule has 4 aliphatic rings. The molecule has 0 radical (unpaired) electrons. The van der Waals surface area contributed by atoms with Crippen LogP contribution in [0.25, 0.3) is 0 Å². The Morgan fingerprint density at radius 2 is 0.795 bits per heavy atom. The van der Waals surface area contributed by atoms with Crippen LogP contribution in [0.1, 0.15) is 48.5 Å². The lowest BCUT2D eigenvalue weighted by Gasteiger charge is -2.46. The first-order valence-electron chi connectivity index (χ1n) is 12.4. The van der Waals surface area contributed by atoms with Crippen molar-refractivity contribution in [3.63, 3.8) is 0 Å². The average Bonchev–Trinajstić information content (AvgIpc) is 3.37. The minimum Gasteiger partial charge on any atom is -0.368 e. The average molecular weight is 598 g/mol. The summed E-state index contributed by atoms with van der Waals surface area (Å²) in [5.41, 5.74) is -6.97. The van der Waals surface area contributed by atoms with Gasteiger partial charge in [0.2, 0.25) is 0 Å². The predicted octanol–water partition coefficient (Wildman–Crippen LogP) is 8.30. The van der Waals surface area contributed by atoms with E-state index in [0.29, 0.717) is 0 Å². The van der Waals surface area contributed by atoms with Gasteiger partial charge in [0, 0.05) is 0 Å². The van der Waals surface area contributed by atoms with E-state index in [2.05, 4.69) is 0 Å². The van der Waals surface area contributed by atoms with E-state index in [9.17, 15) is 57.1 Å². The number of rotatable bonds is 2. The van der Waals surface area contributed by atoms with Gasteiger partial charge >= 0.3 is 18.5 Å². The van der Waals surface area contributed by atoms with Crippen LogP contribution in [0.4, 0.5) is 57.1 Å². The Bertz CT molecular complexity index is 908. The van der Waals surface area contributed by atoms with Gasteiger partial charge < -0.3 is 9.47 Å². The van der Waals surface area contributed by atoms with E-state index in [4.69, 9.17) is 9.47 Å². The fourth-order valence-electron chi connectivity index (χ4n) is 6.72. The van der Waals surface area contributed by atoms with Crippen LogP contribution in [0.15, 0.2) is 0 Å². The molecule has 0 aromatic rings. The molecule has 0 N–H and O–H groups in total. The monoisotopic (exact) mass is 598 g/mol. The van der Waals surface area contributed by atoms with Crippen molar-refractivity contribution in [2.45, 2.75) is 103 Å². The molecule has 15 heteroatoms. The van der Waals surface area contributed by atoms with E-state index in [1.54, 1.807) is 13.8 Å². The summed E-state index contributed by atoms with van der Waals surface area (Å²) in [4.78, 5) is 0. The Hall–Kier alpha value is -0.990. The molecule has 230 valence electrons. The molecule has 4 heterocycles. The number of alkyl halides is 13. The standard InChI is InChI=1S/C12H14F8O.C12H17F5O/c1-4-5(2)8-10(13,14)7(6(4)21-8)9(3,11(15,16)17)12(18,19)20;1-5-6(2)9-11(13,14)8(7(5)18-9)10(3,4)12(15,16)17/h4-8H,1-3H3;5-9H,1-4H3. The molecular weight excluding hydrogens is 567 g/mol. The predicted molar refractivity (Wildman–Crippen MR) is 111 cm³/mol. The minimum absolute atomic E-state index is 0.201. The van der Waals surface area contributed by atoms with Gasteiger partial charge in [-0.25, -0.2) is 17.6 Å². The van der Waals surface area contributed by atoms with Crippen LogP contribution in [-0.4, -0.2) is 54.8 Å². The van der Waals surface area contributed by atoms with Crippen LogP contribution in [-0.2, 0) is 9.47 Å². The topological polar surface area (TPSA) is 18.5 Å². The Balaban J connectivity index is 0.000000218. The third-order valence-corrected chi connectivity index (χ3v) is 9.81. The van der Waals surface area contributed by atoms with Crippen molar-refractivity contribution in [1.82, 2.24) is 0 Å². The second-order valence-corrected chi connectivity index (χ2v) is 12.2. The Kier molecular flexibility index (Phi) is 7.51. The summed E-state index contributed by atoms with van der Waals surface area (Å²) >= 11 is 0. The van der Waals surface area contributed by atoms with Crippen molar-refractivity contribution < 1.29 is 66.5 Å². The van der Waals surface area contributed by atoms with Gasteiger partial charge in [0.05, 0.1) is 29.5 Å². The molecule has 0 saturated carbocycles. The van der Waals surface area contributed by atoms with E-state index in [0.717, 1.165) is 13.8 Å². The van der Waals surface area contributed by atoms with Gasteiger partial charge in [0.25, 0.3) is 11.8 Å². The highest BCUT2D eigenvalue weighted by molar-refractivity contribution is 5.15. The first-order chi connectivity index (χ1) is 17.1. The second-order valence-electron chi connectivity index (χ2n) is 12.2. The molecular formula is C24H31F13O2. The zero-order chi connectivity index (χ0) is 30.7. The van der Waals surface area contributed by atoms with Gasteiger partial charge in [-0.1, -0.05) is 41.5 Å². The zero-order valence-corrected chi connectivity index (χ0v) is 22.0. The molecule has 0 aromatic heterocycles. The number of hydrogen-bond acceptors (Lipinski definition) is 2. The summed E-state index contributed by atoms with van der Waals surface area (Å²) in [6.07, 6.45) is -22.5. The van der Waals surface area contributed by atoms with Crippen molar-refractivity contribution in [3.05, 3.63) is 0 Å². The largest absolute Gasteiger partial charge is 0.403 e. The molecule has 4 aliphatic heterocycles. The summed E-state index contributed by atoms with van der Waals surface area (Å²) in [6, 6.07) is 0. The maximum Gasteiger partial charge on any atom is 0.403 e. The van der Waals surface area contributed by atoms with Crippen LogP contribution in [0.3, 0.4) is 0 Å². The Morgan fingerprint density at radius 3 is 1.08 bits per heavy atom. The van der Waals surface area contributed by atoms with Gasteiger partial charge in [-0.05, 0) is 30.6 Å². The van der Waals surface area contributed by atoms with Crippen molar-refractivity contribution in [1.29, 1.82) is 0 Å². The summed E-state index contributed by atoms with van der Waals surface area (Å²) in [5.74, 6) is -14.7. The normalized spacial score (nSPS) is 41.5. The van der Waals surface area contributed by atoms with Crippen molar-refractivity contribution in [3.8, 4) is 0 Å². The van der Waals surface area contributed by atoms with Crippen LogP contribution in [0.2, 0.25) is 0 Å². The highest BCUT2D eigenvalue weighted by Gasteiger charge is 2.82. The smallest absolute Gasteiger partial charge is 0.368 e. The lowest BCUT2D eigenvalue weighted by atomic mass is 9.62. The zero-order valence-electron chi connectivity index (χ0n) is 22.0. The SMILES string of the molecule is CC1C(C)C2OC1C(C(C)(C(F)(F)F)C(F)(F)F)C2(F)F.CC1C(C)C2OC1C(C(C)(C)C(F)(F)F)C2(F)F. The minimum atomic E-state index is -5.85. The first kappa shape index (κ1) is 32.5. The molecule has 2 nitrogen and oxygen atoms in total. The molecule has 10 unspecified atom stereocenters. The van der Waals surface area contributed by atoms with Gasteiger partial charge in [-0.2, -0.15) is 39.5 Å². The second kappa shape index (κ2) is 9.00. The summed E-state index contributed by atoms with van der Waals surface area (Å²) in [6.45, 7) is 7.46. The van der Waals surface area contributed by atoms with Gasteiger partial charge in [-0.15, -0.1) is 0 Å². The number of fused-ring (bicyclic) bond motifs is 4. The first-order valence-corrected chi connectivity index (χ1v) is 12.4. The maximum absolute atomic E-state index is 14.2. The van der Waals surface area contributed by atoms with Crippen molar-refractivity contribution in [2.24, 2.45) is 46.3 Å². The third-order valence-electron chi connectivity index (χ3n) is 9.81. The van der Waals surface area contributed by atoms with Crippen LogP contribution in [0.5, 0.6) is 0 Å². The highest BCUT2D eigenvalue weighted by Crippen LogP contribution is 2.67. The lowest BCUT2D eigenvalue weighted by Crippen LogP contribution is -2.63. The molecule has 39 heavy (non-hydrogen) atoms. The molecule has 4 fully saturated rings. The van der Waals surface area contributed by atoms with E-state index >= 15 is 0 Å². The van der Waals surface area contributed by atoms with Gasteiger partial charge in [0.15, 0.2) is 5.41 Å². The Morgan fingerprint density at radius 1 is 0.487 bits per heavy atom. The van der Waals surface area contributed by atoms with Crippen molar-refractivity contribution >= 4 is 0 Å². The number of ether oxygens (including phenoxy) is 2. The lowest BCUT2D eigenvalue weighted by molar-refractivity contribution is -0.372. The molecule has 0 aliphatic carbocycles. The summed E-state index contributed by atoms with van der Waals surface area (Å²) in [5, 5.41) is 0. The molecule has 4 rings (SSSR count). The van der Waals surface area contributed by atoms with E-state index < -0.39 is 95.2 Å². The van der Waals surface area contributed by atoms with E-state index in [-0.39, 0.29) is 12.8 Å². The number of halogens is 13. The van der Waals surface area contributed by atoms with Gasteiger partial charge in [0.1, 0.15) is 12.2 Å². The molecule has 10 atom stereocenters. The number of hydrogen-bond donors (Lipinski definition) is 0. The fourth-order valence-corrected chi connectivity index (χ4v) is 6.72. The van der Waals surface area contributed by atoms with E-state index in [1.807, 2.05) is 0 Å². The summed E-state index contributed by atoms with van der Waals surface area (Å²) in [7, 11) is 0.